The minimum absolute atomic E-state index is 0.00615. The summed E-state index contributed by atoms with van der Waals surface area (Å²) in [6, 6.07) is 5.70. The summed E-state index contributed by atoms with van der Waals surface area (Å²) in [5.41, 5.74) is -0.722. The molecule has 150 valence electrons. The predicted molar refractivity (Wildman–Crippen MR) is 93.5 cm³/mol. The van der Waals surface area contributed by atoms with Crippen LogP contribution >= 0.6 is 0 Å². The first-order valence-corrected chi connectivity index (χ1v) is 8.78. The molecule has 1 aliphatic heterocycles. The van der Waals surface area contributed by atoms with Crippen molar-refractivity contribution >= 4 is 5.78 Å². The van der Waals surface area contributed by atoms with E-state index in [0.717, 1.165) is 18.2 Å². The monoisotopic (exact) mass is 396 g/mol. The molecule has 0 bridgehead atoms. The third kappa shape index (κ3) is 4.98. The van der Waals surface area contributed by atoms with Gasteiger partial charge in [0.25, 0.3) is 11.6 Å². The van der Waals surface area contributed by atoms with Gasteiger partial charge in [0, 0.05) is 18.9 Å². The van der Waals surface area contributed by atoms with Crippen LogP contribution in [0.5, 0.6) is 6.01 Å². The summed E-state index contributed by atoms with van der Waals surface area (Å²) in [7, 11) is 0. The zero-order valence-corrected chi connectivity index (χ0v) is 15.1. The zero-order chi connectivity index (χ0) is 20.3. The number of hydrogen-bond acceptors (Lipinski definition) is 5. The molecular formula is C19H19F3N2O4. The van der Waals surface area contributed by atoms with Gasteiger partial charge in [-0.1, -0.05) is 19.1 Å². The Morgan fingerprint density at radius 1 is 1.36 bits per heavy atom. The molecule has 0 saturated carbocycles. The van der Waals surface area contributed by atoms with Crippen molar-refractivity contribution in [1.82, 2.24) is 9.97 Å². The largest absolute Gasteiger partial charge is 0.459 e. The Bertz CT molecular complexity index is 887. The van der Waals surface area contributed by atoms with E-state index in [9.17, 15) is 22.8 Å². The Kier molecular flexibility index (Phi) is 5.83. The third-order valence-electron chi connectivity index (χ3n) is 4.47. The topological polar surface area (TPSA) is 81.3 Å². The van der Waals surface area contributed by atoms with Crippen molar-refractivity contribution in [2.24, 2.45) is 0 Å². The van der Waals surface area contributed by atoms with Crippen LogP contribution in [0, 0.1) is 0 Å². The fourth-order valence-corrected chi connectivity index (χ4v) is 2.90. The van der Waals surface area contributed by atoms with Crippen LogP contribution in [0.1, 0.15) is 47.3 Å². The number of Topliss-reactive ketones (excluding diaryl/α,β-unsaturated/α-hetero) is 1. The maximum atomic E-state index is 12.7. The summed E-state index contributed by atoms with van der Waals surface area (Å²) in [6.45, 7) is 2.66. The molecule has 1 aromatic heterocycles. The number of halogens is 3. The van der Waals surface area contributed by atoms with Crippen molar-refractivity contribution in [1.29, 1.82) is 0 Å². The smallest absolute Gasteiger partial charge is 0.416 e. The molecule has 0 aliphatic carbocycles. The first kappa shape index (κ1) is 20.1. The minimum atomic E-state index is -4.41. The Morgan fingerprint density at radius 2 is 2.07 bits per heavy atom. The van der Waals surface area contributed by atoms with Crippen LogP contribution in [0.4, 0.5) is 13.2 Å². The molecule has 3 rings (SSSR count). The van der Waals surface area contributed by atoms with Crippen molar-refractivity contribution in [2.45, 2.75) is 38.0 Å². The number of H-pyrrole nitrogens is 1. The molecule has 0 spiro atoms. The van der Waals surface area contributed by atoms with Gasteiger partial charge in [-0.15, -0.1) is 0 Å². The molecule has 1 N–H and O–H groups in total. The van der Waals surface area contributed by atoms with Gasteiger partial charge in [0.15, 0.2) is 5.78 Å². The average Bonchev–Trinajstić information content (AvgIpc) is 3.13. The van der Waals surface area contributed by atoms with Gasteiger partial charge in [-0.25, -0.2) is 0 Å². The van der Waals surface area contributed by atoms with E-state index in [0.29, 0.717) is 25.2 Å². The number of nitrogens with one attached hydrogen (secondary N) is 1. The molecule has 1 aromatic carbocycles. The van der Waals surface area contributed by atoms with Gasteiger partial charge in [-0.3, -0.25) is 14.6 Å². The lowest BCUT2D eigenvalue weighted by molar-refractivity contribution is -0.137. The number of benzene rings is 1. The first-order chi connectivity index (χ1) is 13.2. The normalized spacial score (nSPS) is 18.1. The molecule has 6 nitrogen and oxygen atoms in total. The van der Waals surface area contributed by atoms with E-state index >= 15 is 0 Å². The highest BCUT2D eigenvalue weighted by Crippen LogP contribution is 2.30. The molecule has 1 fully saturated rings. The lowest BCUT2D eigenvalue weighted by Gasteiger charge is -2.14. The molecule has 1 saturated heterocycles. The number of nitrogens with zero attached hydrogens (tertiary/aromatic N) is 1. The molecular weight excluding hydrogens is 377 g/mol. The summed E-state index contributed by atoms with van der Waals surface area (Å²) in [4.78, 5) is 30.8. The number of rotatable bonds is 6. The van der Waals surface area contributed by atoms with Crippen molar-refractivity contribution in [3.63, 3.8) is 0 Å². The van der Waals surface area contributed by atoms with E-state index in [-0.39, 0.29) is 30.1 Å². The highest BCUT2D eigenvalue weighted by atomic mass is 19.4. The van der Waals surface area contributed by atoms with Crippen LogP contribution in [0.25, 0.3) is 0 Å². The highest BCUT2D eigenvalue weighted by Gasteiger charge is 2.30. The number of hydrogen-bond donors (Lipinski definition) is 1. The number of aromatic amines is 1. The van der Waals surface area contributed by atoms with E-state index in [1.54, 1.807) is 6.92 Å². The van der Waals surface area contributed by atoms with E-state index in [4.69, 9.17) is 9.47 Å². The van der Waals surface area contributed by atoms with Gasteiger partial charge in [0.2, 0.25) is 0 Å². The Morgan fingerprint density at radius 3 is 2.68 bits per heavy atom. The van der Waals surface area contributed by atoms with Crippen LogP contribution in [-0.4, -0.2) is 35.1 Å². The third-order valence-corrected chi connectivity index (χ3v) is 4.47. The van der Waals surface area contributed by atoms with Crippen molar-refractivity contribution in [3.8, 4) is 6.01 Å². The zero-order valence-electron chi connectivity index (χ0n) is 15.1. The number of ether oxygens (including phenoxy) is 2. The van der Waals surface area contributed by atoms with Gasteiger partial charge in [0.05, 0.1) is 18.8 Å². The molecule has 2 aromatic rings. The standard InChI is InChI=1S/C19H19F3N2O4/c1-11(12-2-4-13(5-3-12)19(20,21)22)8-16(25)15-9-17(26)24-18(23-15)28-14-6-7-27-10-14/h2-5,9,11,14H,6-8,10H2,1H3,(H,23,24,26). The van der Waals surface area contributed by atoms with Crippen LogP contribution in [0.2, 0.25) is 0 Å². The summed E-state index contributed by atoms with van der Waals surface area (Å²) < 4.78 is 48.7. The molecule has 0 amide bonds. The average molecular weight is 396 g/mol. The quantitative estimate of drug-likeness (QED) is 0.758. The number of alkyl halides is 3. The number of aromatic nitrogens is 2. The van der Waals surface area contributed by atoms with Crippen LogP contribution in [-0.2, 0) is 10.9 Å². The van der Waals surface area contributed by atoms with Gasteiger partial charge in [-0.05, 0) is 23.6 Å². The fourth-order valence-electron chi connectivity index (χ4n) is 2.90. The van der Waals surface area contributed by atoms with Crippen LogP contribution < -0.4 is 10.3 Å². The minimum Gasteiger partial charge on any atom is -0.459 e. The Hall–Kier alpha value is -2.68. The van der Waals surface area contributed by atoms with Gasteiger partial charge < -0.3 is 9.47 Å². The van der Waals surface area contributed by atoms with Crippen molar-refractivity contribution in [3.05, 3.63) is 57.5 Å². The van der Waals surface area contributed by atoms with Crippen LogP contribution in [0.15, 0.2) is 35.1 Å². The van der Waals surface area contributed by atoms with Gasteiger partial charge in [0.1, 0.15) is 11.8 Å². The summed E-state index contributed by atoms with van der Waals surface area (Å²) in [6.07, 6.45) is -3.99. The lowest BCUT2D eigenvalue weighted by Crippen LogP contribution is -2.21. The SMILES string of the molecule is CC(CC(=O)c1cc(=O)[nH]c(OC2CCOC2)n1)c1ccc(C(F)(F)F)cc1. The van der Waals surface area contributed by atoms with E-state index in [1.807, 2.05) is 0 Å². The highest BCUT2D eigenvalue weighted by molar-refractivity contribution is 5.94. The summed E-state index contributed by atoms with van der Waals surface area (Å²) in [5.74, 6) is -0.741. The summed E-state index contributed by atoms with van der Waals surface area (Å²) in [5, 5.41) is 0. The fraction of sp³-hybridized carbons (Fsp3) is 0.421. The molecule has 28 heavy (non-hydrogen) atoms. The van der Waals surface area contributed by atoms with Crippen molar-refractivity contribution in [2.75, 3.05) is 13.2 Å². The second kappa shape index (κ2) is 8.14. The van der Waals surface area contributed by atoms with Gasteiger partial charge in [-0.2, -0.15) is 18.2 Å². The Balaban J connectivity index is 1.69. The lowest BCUT2D eigenvalue weighted by atomic mass is 9.94. The molecule has 2 unspecified atom stereocenters. The number of ketones is 1. The van der Waals surface area contributed by atoms with Crippen molar-refractivity contribution < 1.29 is 27.4 Å². The number of carbonyl (C=O) groups is 1. The van der Waals surface area contributed by atoms with E-state index in [2.05, 4.69) is 9.97 Å². The first-order valence-electron chi connectivity index (χ1n) is 8.78. The summed E-state index contributed by atoms with van der Waals surface area (Å²) >= 11 is 0. The molecule has 2 heterocycles. The van der Waals surface area contributed by atoms with Gasteiger partial charge >= 0.3 is 6.18 Å². The second-order valence-electron chi connectivity index (χ2n) is 6.69. The molecule has 9 heteroatoms. The maximum absolute atomic E-state index is 12.7. The van der Waals surface area contributed by atoms with E-state index in [1.165, 1.54) is 12.1 Å². The molecule has 1 aliphatic rings. The number of carbonyl (C=O) groups excluding carboxylic acids is 1. The van der Waals surface area contributed by atoms with E-state index < -0.39 is 23.1 Å². The molecule has 0 radical (unpaired) electrons. The Labute approximate surface area is 158 Å². The maximum Gasteiger partial charge on any atom is 0.416 e. The molecule has 2 atom stereocenters. The second-order valence-corrected chi connectivity index (χ2v) is 6.69. The predicted octanol–water partition coefficient (Wildman–Crippen LogP) is 3.33. The van der Waals surface area contributed by atoms with Crippen LogP contribution in [0.3, 0.4) is 0 Å².